The van der Waals surface area contributed by atoms with Gasteiger partial charge in [0, 0.05) is 13.0 Å². The molecule has 4 N–H and O–H groups in total. The molecular weight excluding hydrogens is 669 g/mol. The largest absolute Gasteiger partial charge is 0.480 e. The van der Waals surface area contributed by atoms with Gasteiger partial charge in [-0.1, -0.05) is 161 Å². The number of hydrogen-bond acceptors (Lipinski definition) is 8. The minimum Gasteiger partial charge on any atom is -0.480 e. The average molecular weight is 748 g/mol. The fourth-order valence-corrected chi connectivity index (χ4v) is 6.55. The average Bonchev–Trinajstić information content (AvgIpc) is 3.10. The molecule has 0 fully saturated rings. The zero-order chi connectivity index (χ0) is 37.7. The van der Waals surface area contributed by atoms with Crippen LogP contribution in [0.15, 0.2) is 12.2 Å². The maximum Gasteiger partial charge on any atom is 0.472 e. The molecule has 0 saturated carbocycles. The van der Waals surface area contributed by atoms with Gasteiger partial charge in [-0.25, -0.2) is 4.57 Å². The molecule has 302 valence electrons. The van der Waals surface area contributed by atoms with Crippen molar-refractivity contribution in [2.24, 2.45) is 5.73 Å². The van der Waals surface area contributed by atoms with Crippen LogP contribution in [0.4, 0.5) is 0 Å². The van der Waals surface area contributed by atoms with Crippen LogP contribution in [0.5, 0.6) is 0 Å². The molecule has 0 aliphatic carbocycles. The lowest BCUT2D eigenvalue weighted by atomic mass is 10.0. The van der Waals surface area contributed by atoms with Crippen molar-refractivity contribution in [1.29, 1.82) is 0 Å². The maximum absolute atomic E-state index is 12.6. The van der Waals surface area contributed by atoms with Gasteiger partial charge in [0.05, 0.1) is 19.8 Å². The van der Waals surface area contributed by atoms with Crippen LogP contribution in [0.3, 0.4) is 0 Å². The molecule has 3 atom stereocenters. The lowest BCUT2D eigenvalue weighted by molar-refractivity contribution is -0.154. The van der Waals surface area contributed by atoms with Crippen LogP contribution in [0.2, 0.25) is 0 Å². The van der Waals surface area contributed by atoms with Crippen molar-refractivity contribution in [2.75, 3.05) is 26.4 Å². The fraction of sp³-hybridized carbons (Fsp3) is 0.900. The molecule has 0 aromatic carbocycles. The van der Waals surface area contributed by atoms with Crippen LogP contribution >= 0.6 is 7.82 Å². The van der Waals surface area contributed by atoms with Gasteiger partial charge in [-0.2, -0.15) is 0 Å². The molecule has 0 aliphatic rings. The summed E-state index contributed by atoms with van der Waals surface area (Å²) in [6.45, 7) is 3.88. The summed E-state index contributed by atoms with van der Waals surface area (Å²) >= 11 is 0. The van der Waals surface area contributed by atoms with E-state index in [1.165, 1.54) is 128 Å². The Hall–Kier alpha value is -1.29. The number of carbonyl (C=O) groups excluding carboxylic acids is 1. The summed E-state index contributed by atoms with van der Waals surface area (Å²) in [5.41, 5.74) is 5.34. The summed E-state index contributed by atoms with van der Waals surface area (Å²) in [5, 5.41) is 8.88. The molecule has 51 heavy (non-hydrogen) atoms. The summed E-state index contributed by atoms with van der Waals surface area (Å²) in [7, 11) is -4.61. The van der Waals surface area contributed by atoms with Gasteiger partial charge in [-0.3, -0.25) is 18.6 Å². The van der Waals surface area contributed by atoms with Crippen molar-refractivity contribution in [2.45, 2.75) is 206 Å². The predicted octanol–water partition coefficient (Wildman–Crippen LogP) is 11.0. The fourth-order valence-electron chi connectivity index (χ4n) is 5.77. The number of nitrogens with two attached hydrogens (primary N) is 1. The molecule has 0 saturated heterocycles. The van der Waals surface area contributed by atoms with Crippen molar-refractivity contribution in [3.63, 3.8) is 0 Å². The van der Waals surface area contributed by atoms with E-state index >= 15 is 0 Å². The Labute approximate surface area is 312 Å². The molecule has 0 aromatic rings. The molecule has 0 radical (unpaired) electrons. The van der Waals surface area contributed by atoms with Gasteiger partial charge in [0.25, 0.3) is 0 Å². The second-order valence-corrected chi connectivity index (χ2v) is 15.6. The summed E-state index contributed by atoms with van der Waals surface area (Å²) in [5.74, 6) is -1.77. The molecule has 0 bridgehead atoms. The van der Waals surface area contributed by atoms with Crippen molar-refractivity contribution < 1.29 is 42.7 Å². The van der Waals surface area contributed by atoms with E-state index in [1.54, 1.807) is 0 Å². The number of aliphatic carboxylic acids is 1. The van der Waals surface area contributed by atoms with E-state index in [1.807, 2.05) is 0 Å². The Balaban J connectivity index is 4.25. The first-order valence-corrected chi connectivity index (χ1v) is 22.2. The number of carbonyl (C=O) groups is 2. The highest BCUT2D eigenvalue weighted by molar-refractivity contribution is 7.47. The summed E-state index contributed by atoms with van der Waals surface area (Å²) in [4.78, 5) is 33.4. The molecule has 10 nitrogen and oxygen atoms in total. The highest BCUT2D eigenvalue weighted by Gasteiger charge is 2.27. The summed E-state index contributed by atoms with van der Waals surface area (Å²) in [6.07, 6.45) is 36.8. The van der Waals surface area contributed by atoms with Gasteiger partial charge < -0.3 is 25.2 Å². The van der Waals surface area contributed by atoms with Crippen LogP contribution in [0.1, 0.15) is 194 Å². The van der Waals surface area contributed by atoms with Crippen LogP contribution < -0.4 is 5.73 Å². The number of ether oxygens (including phenoxy) is 2. The first kappa shape index (κ1) is 49.7. The second-order valence-electron chi connectivity index (χ2n) is 14.1. The lowest BCUT2D eigenvalue weighted by Gasteiger charge is -2.20. The highest BCUT2D eigenvalue weighted by Crippen LogP contribution is 2.43. The van der Waals surface area contributed by atoms with E-state index in [4.69, 9.17) is 29.4 Å². The van der Waals surface area contributed by atoms with E-state index in [-0.39, 0.29) is 13.0 Å². The lowest BCUT2D eigenvalue weighted by Crippen LogP contribution is -2.34. The van der Waals surface area contributed by atoms with Crippen molar-refractivity contribution in [3.05, 3.63) is 12.2 Å². The Morgan fingerprint density at radius 3 is 1.49 bits per heavy atom. The van der Waals surface area contributed by atoms with Crippen LogP contribution in [0, 0.1) is 0 Å². The van der Waals surface area contributed by atoms with Crippen LogP contribution in [0.25, 0.3) is 0 Å². The number of carboxylic acid groups (broad SMARTS) is 1. The van der Waals surface area contributed by atoms with E-state index in [0.29, 0.717) is 6.61 Å². The molecule has 3 unspecified atom stereocenters. The molecule has 0 spiro atoms. The molecular formula is C40H78NO9P. The Morgan fingerprint density at radius 1 is 0.608 bits per heavy atom. The molecule has 0 rings (SSSR count). The number of carboxylic acids is 1. The molecule has 11 heteroatoms. The van der Waals surface area contributed by atoms with Gasteiger partial charge in [-0.15, -0.1) is 0 Å². The zero-order valence-corrected chi connectivity index (χ0v) is 33.6. The highest BCUT2D eigenvalue weighted by atomic mass is 31.2. The van der Waals surface area contributed by atoms with Crippen LogP contribution in [-0.2, 0) is 32.7 Å². The Kier molecular flexibility index (Phi) is 36.1. The first-order valence-electron chi connectivity index (χ1n) is 20.7. The van der Waals surface area contributed by atoms with Crippen molar-refractivity contribution in [3.8, 4) is 0 Å². The number of unbranched alkanes of at least 4 members (excludes halogenated alkanes) is 24. The Morgan fingerprint density at radius 2 is 1.02 bits per heavy atom. The second kappa shape index (κ2) is 37.0. The number of esters is 1. The predicted molar refractivity (Wildman–Crippen MR) is 208 cm³/mol. The normalized spacial score (nSPS) is 14.1. The maximum atomic E-state index is 12.6. The number of phosphoric ester groups is 1. The van der Waals surface area contributed by atoms with Gasteiger partial charge in [0.15, 0.2) is 0 Å². The third-order valence-electron chi connectivity index (χ3n) is 9.04. The van der Waals surface area contributed by atoms with E-state index in [9.17, 15) is 19.0 Å². The molecule has 0 amide bonds. The van der Waals surface area contributed by atoms with Gasteiger partial charge >= 0.3 is 19.8 Å². The smallest absolute Gasteiger partial charge is 0.472 e. The summed E-state index contributed by atoms with van der Waals surface area (Å²) in [6, 6.07) is -1.47. The van der Waals surface area contributed by atoms with Crippen molar-refractivity contribution in [1.82, 2.24) is 0 Å². The number of rotatable bonds is 40. The van der Waals surface area contributed by atoms with Gasteiger partial charge in [0.1, 0.15) is 12.1 Å². The quantitative estimate of drug-likeness (QED) is 0.0239. The first-order chi connectivity index (χ1) is 24.7. The van der Waals surface area contributed by atoms with Gasteiger partial charge in [0.2, 0.25) is 0 Å². The van der Waals surface area contributed by atoms with E-state index < -0.39 is 45.1 Å². The Bertz CT molecular complexity index is 873. The SMILES string of the molecule is CCCCCCCC/C=C\CCCCCCCCOCC(COP(=O)(O)OCC(N)C(=O)O)OC(=O)CCCCCCCCCCCCCCC. The third kappa shape index (κ3) is 36.8. The zero-order valence-electron chi connectivity index (χ0n) is 32.7. The summed E-state index contributed by atoms with van der Waals surface area (Å²) < 4.78 is 33.3. The number of phosphoric acid groups is 1. The molecule has 0 aliphatic heterocycles. The van der Waals surface area contributed by atoms with Crippen LogP contribution in [-0.4, -0.2) is 60.5 Å². The third-order valence-corrected chi connectivity index (χ3v) is 10.00. The van der Waals surface area contributed by atoms with E-state index in [0.717, 1.165) is 44.9 Å². The number of allylic oxidation sites excluding steroid dienone is 2. The van der Waals surface area contributed by atoms with E-state index in [2.05, 4.69) is 26.0 Å². The molecule has 0 aromatic heterocycles. The van der Waals surface area contributed by atoms with Gasteiger partial charge in [-0.05, 0) is 38.5 Å². The molecule has 0 heterocycles. The monoisotopic (exact) mass is 748 g/mol. The standard InChI is InChI=1S/C40H78NO9P/c1-3-5-7-9-11-13-15-17-18-19-21-23-25-27-29-31-33-47-34-37(35-48-51(45,46)49-36-38(41)40(43)44)50-39(42)32-30-28-26-24-22-20-16-14-12-10-8-6-4-2/h17-18,37-38H,3-16,19-36,41H2,1-2H3,(H,43,44)(H,45,46)/b18-17-. The minimum atomic E-state index is -4.61. The topological polar surface area (TPSA) is 155 Å². The minimum absolute atomic E-state index is 0.0179. The van der Waals surface area contributed by atoms with Crippen molar-refractivity contribution >= 4 is 19.8 Å². The number of hydrogen-bond donors (Lipinski definition) is 3.